The van der Waals surface area contributed by atoms with Crippen LogP contribution in [0.25, 0.3) is 38.8 Å². The van der Waals surface area contributed by atoms with Gasteiger partial charge in [0.1, 0.15) is 11.6 Å². The van der Waals surface area contributed by atoms with Gasteiger partial charge >= 0.3 is 0 Å². The minimum atomic E-state index is -0.0861. The maximum absolute atomic E-state index is 6.46. The van der Waals surface area contributed by atoms with Crippen molar-refractivity contribution in [3.05, 3.63) is 133 Å². The molecule has 0 N–H and O–H groups in total. The number of para-hydroxylation sites is 3. The number of pyridine rings is 2. The first-order valence-electron chi connectivity index (χ1n) is 15.7. The highest BCUT2D eigenvalue weighted by atomic mass is 16.5. The predicted molar refractivity (Wildman–Crippen MR) is 189 cm³/mol. The van der Waals surface area contributed by atoms with E-state index in [1.807, 2.05) is 30.6 Å². The molecule has 0 bridgehead atoms. The van der Waals surface area contributed by atoms with Crippen LogP contribution in [0.4, 0.5) is 17.1 Å². The van der Waals surface area contributed by atoms with Crippen molar-refractivity contribution in [3.63, 3.8) is 0 Å². The molecular weight excluding hydrogens is 566 g/mol. The number of benzene rings is 4. The lowest BCUT2D eigenvalue weighted by Gasteiger charge is -2.24. The Morgan fingerprint density at radius 3 is 2.26 bits per heavy atom. The summed E-state index contributed by atoms with van der Waals surface area (Å²) < 4.78 is 8.71. The highest BCUT2D eigenvalue weighted by Gasteiger charge is 2.25. The van der Waals surface area contributed by atoms with E-state index in [1.165, 1.54) is 27.9 Å². The maximum Gasteiger partial charge on any atom is 0.221 e. The van der Waals surface area contributed by atoms with Gasteiger partial charge in [0, 0.05) is 53.6 Å². The number of hydrogen-bond acceptors (Lipinski definition) is 5. The summed E-state index contributed by atoms with van der Waals surface area (Å²) in [6.07, 6.45) is 3.84. The molecular formula is C40H35N5O. The SMILES string of the molecule is CN1CN(c2ccnc(Oc3ccc4c5ccccc5n(-c5cc(C(C)(C)C)c(-c6ccccc6)cn5)c4c3)c2)c2ccccc21. The van der Waals surface area contributed by atoms with E-state index in [1.54, 1.807) is 0 Å². The van der Waals surface area contributed by atoms with E-state index in [0.717, 1.165) is 45.9 Å². The zero-order valence-corrected chi connectivity index (χ0v) is 26.5. The summed E-state index contributed by atoms with van der Waals surface area (Å²) >= 11 is 0. The average molecular weight is 602 g/mol. The summed E-state index contributed by atoms with van der Waals surface area (Å²) in [5.74, 6) is 2.15. The van der Waals surface area contributed by atoms with Gasteiger partial charge in [-0.3, -0.25) is 4.57 Å². The normalized spacial score (nSPS) is 13.0. The van der Waals surface area contributed by atoms with Crippen molar-refractivity contribution in [3.8, 4) is 28.6 Å². The number of rotatable bonds is 5. The highest BCUT2D eigenvalue weighted by Crippen LogP contribution is 2.41. The van der Waals surface area contributed by atoms with Gasteiger partial charge in [-0.15, -0.1) is 0 Å². The Kier molecular flexibility index (Phi) is 6.53. The molecule has 8 rings (SSSR count). The number of aromatic nitrogens is 3. The van der Waals surface area contributed by atoms with Crippen LogP contribution in [0.2, 0.25) is 0 Å². The smallest absolute Gasteiger partial charge is 0.221 e. The van der Waals surface area contributed by atoms with E-state index in [0.29, 0.717) is 5.88 Å². The minimum Gasteiger partial charge on any atom is -0.439 e. The molecule has 7 aromatic rings. The summed E-state index contributed by atoms with van der Waals surface area (Å²) in [4.78, 5) is 14.2. The van der Waals surface area contributed by atoms with E-state index in [9.17, 15) is 0 Å². The van der Waals surface area contributed by atoms with Crippen LogP contribution in [0, 0.1) is 0 Å². The van der Waals surface area contributed by atoms with Gasteiger partial charge in [-0.05, 0) is 59.0 Å². The lowest BCUT2D eigenvalue weighted by molar-refractivity contribution is 0.463. The Hall–Kier alpha value is -5.62. The van der Waals surface area contributed by atoms with Gasteiger partial charge in [-0.2, -0.15) is 0 Å². The molecule has 0 fully saturated rings. The fourth-order valence-corrected chi connectivity index (χ4v) is 6.64. The van der Waals surface area contributed by atoms with Gasteiger partial charge in [-0.25, -0.2) is 9.97 Å². The Labute approximate surface area is 269 Å². The third kappa shape index (κ3) is 4.74. The van der Waals surface area contributed by atoms with Crippen LogP contribution < -0.4 is 14.5 Å². The first-order chi connectivity index (χ1) is 22.3. The highest BCUT2D eigenvalue weighted by molar-refractivity contribution is 6.09. The largest absolute Gasteiger partial charge is 0.439 e. The molecule has 6 nitrogen and oxygen atoms in total. The molecule has 0 amide bonds. The fourth-order valence-electron chi connectivity index (χ4n) is 6.64. The van der Waals surface area contributed by atoms with Crippen LogP contribution in [-0.4, -0.2) is 28.3 Å². The van der Waals surface area contributed by atoms with Crippen LogP contribution in [0.5, 0.6) is 11.6 Å². The Morgan fingerprint density at radius 2 is 1.43 bits per heavy atom. The number of hydrogen-bond donors (Lipinski definition) is 0. The molecule has 1 aliphatic rings. The summed E-state index contributed by atoms with van der Waals surface area (Å²) in [5, 5.41) is 2.32. The van der Waals surface area contributed by atoms with Crippen molar-refractivity contribution in [2.75, 3.05) is 23.5 Å². The van der Waals surface area contributed by atoms with Crippen molar-refractivity contribution < 1.29 is 4.74 Å². The first-order valence-corrected chi connectivity index (χ1v) is 15.7. The molecule has 0 unspecified atom stereocenters. The van der Waals surface area contributed by atoms with Gasteiger partial charge in [0.05, 0.1) is 29.1 Å². The molecule has 0 saturated carbocycles. The molecule has 0 aliphatic carbocycles. The molecule has 0 radical (unpaired) electrons. The van der Waals surface area contributed by atoms with Gasteiger partial charge in [0.25, 0.3) is 0 Å². The fraction of sp³-hybridized carbons (Fsp3) is 0.150. The number of fused-ring (bicyclic) bond motifs is 4. The topological polar surface area (TPSA) is 46.4 Å². The summed E-state index contributed by atoms with van der Waals surface area (Å²) in [6.45, 7) is 7.55. The van der Waals surface area contributed by atoms with Crippen molar-refractivity contribution >= 4 is 38.9 Å². The molecule has 0 atom stereocenters. The van der Waals surface area contributed by atoms with Crippen molar-refractivity contribution in [1.29, 1.82) is 0 Å². The lowest BCUT2D eigenvalue weighted by atomic mass is 9.82. The zero-order valence-electron chi connectivity index (χ0n) is 26.5. The quantitative estimate of drug-likeness (QED) is 0.197. The zero-order chi connectivity index (χ0) is 31.4. The first kappa shape index (κ1) is 27.9. The lowest BCUT2D eigenvalue weighted by Crippen LogP contribution is -2.23. The van der Waals surface area contributed by atoms with Crippen LogP contribution in [0.15, 0.2) is 128 Å². The molecule has 4 heterocycles. The van der Waals surface area contributed by atoms with Crippen molar-refractivity contribution in [2.24, 2.45) is 0 Å². The standard InChI is InChI=1S/C40H35N5O/c1-40(2,3)33-24-38(42-25-32(33)27-12-6-5-7-13-27)45-34-15-9-8-14-30(34)31-19-18-29(23-37(31)45)46-39-22-28(20-21-41-39)44-26-43(4)35-16-10-11-17-36(35)44/h5-25H,26H2,1-4H3. The van der Waals surface area contributed by atoms with Crippen LogP contribution >= 0.6 is 0 Å². The third-order valence-electron chi connectivity index (χ3n) is 8.85. The van der Waals surface area contributed by atoms with E-state index < -0.39 is 0 Å². The van der Waals surface area contributed by atoms with E-state index >= 15 is 0 Å². The van der Waals surface area contributed by atoms with Gasteiger partial charge in [0.15, 0.2) is 0 Å². The number of nitrogens with zero attached hydrogens (tertiary/aromatic N) is 5. The Morgan fingerprint density at radius 1 is 0.696 bits per heavy atom. The number of ether oxygens (including phenoxy) is 1. The minimum absolute atomic E-state index is 0.0861. The molecule has 3 aromatic heterocycles. The third-order valence-corrected chi connectivity index (χ3v) is 8.85. The van der Waals surface area contributed by atoms with E-state index in [-0.39, 0.29) is 5.41 Å². The maximum atomic E-state index is 6.46. The van der Waals surface area contributed by atoms with Crippen LogP contribution in [0.1, 0.15) is 26.3 Å². The van der Waals surface area contributed by atoms with Gasteiger partial charge in [-0.1, -0.05) is 81.4 Å². The van der Waals surface area contributed by atoms with Gasteiger partial charge in [0.2, 0.25) is 5.88 Å². The second-order valence-corrected chi connectivity index (χ2v) is 12.9. The monoisotopic (exact) mass is 601 g/mol. The molecule has 0 saturated heterocycles. The average Bonchev–Trinajstić information content (AvgIpc) is 3.59. The molecule has 1 aliphatic heterocycles. The second-order valence-electron chi connectivity index (χ2n) is 12.9. The molecule has 4 aromatic carbocycles. The second kappa shape index (κ2) is 10.8. The predicted octanol–water partition coefficient (Wildman–Crippen LogP) is 9.88. The van der Waals surface area contributed by atoms with E-state index in [2.05, 4.69) is 144 Å². The van der Waals surface area contributed by atoms with Gasteiger partial charge < -0.3 is 14.5 Å². The Balaban J connectivity index is 1.22. The van der Waals surface area contributed by atoms with Crippen molar-refractivity contribution in [1.82, 2.24) is 14.5 Å². The molecule has 226 valence electrons. The summed E-state index contributed by atoms with van der Waals surface area (Å²) in [6, 6.07) is 40.0. The van der Waals surface area contributed by atoms with Crippen LogP contribution in [-0.2, 0) is 5.41 Å². The number of anilines is 3. The van der Waals surface area contributed by atoms with Crippen molar-refractivity contribution in [2.45, 2.75) is 26.2 Å². The Bertz CT molecular complexity index is 2230. The van der Waals surface area contributed by atoms with Crippen LogP contribution in [0.3, 0.4) is 0 Å². The molecule has 6 heteroatoms. The summed E-state index contributed by atoms with van der Waals surface area (Å²) in [7, 11) is 2.11. The molecule has 46 heavy (non-hydrogen) atoms. The molecule has 0 spiro atoms. The van der Waals surface area contributed by atoms with E-state index in [4.69, 9.17) is 9.72 Å². The summed E-state index contributed by atoms with van der Waals surface area (Å²) in [5.41, 5.74) is 9.04.